The number of aliphatic hydroxyl groups is 2. The van der Waals surface area contributed by atoms with Crippen molar-refractivity contribution in [2.75, 3.05) is 12.3 Å². The van der Waals surface area contributed by atoms with Gasteiger partial charge < -0.3 is 35.4 Å². The molecule has 2 aromatic rings. The van der Waals surface area contributed by atoms with Crippen LogP contribution in [0.1, 0.15) is 6.23 Å². The second kappa shape index (κ2) is 8.53. The smallest absolute Gasteiger partial charge is 0.387 e. The van der Waals surface area contributed by atoms with Gasteiger partial charge in [-0.3, -0.25) is 9.09 Å². The summed E-state index contributed by atoms with van der Waals surface area (Å²) in [6.45, 7) is -0.901. The third kappa shape index (κ3) is 5.71. The molecular formula is C10H17N6O12P3. The van der Waals surface area contributed by atoms with Crippen LogP contribution in [0.25, 0.3) is 11.2 Å². The number of imidazole rings is 1. The van der Waals surface area contributed by atoms with Crippen molar-refractivity contribution in [2.45, 2.75) is 24.5 Å². The van der Waals surface area contributed by atoms with E-state index in [0.717, 1.165) is 6.33 Å². The zero-order chi connectivity index (χ0) is 23.2. The summed E-state index contributed by atoms with van der Waals surface area (Å²) < 4.78 is 52.8. The number of phosphoric ester groups is 1. The Balaban J connectivity index is 1.69. The highest BCUT2D eigenvalue weighted by atomic mass is 31.3. The number of rotatable bonds is 8. The van der Waals surface area contributed by atoms with Crippen LogP contribution in [0.4, 0.5) is 5.82 Å². The molecule has 0 bridgehead atoms. The topological polar surface area (TPSA) is 285 Å². The van der Waals surface area contributed by atoms with Crippen LogP contribution >= 0.6 is 23.4 Å². The van der Waals surface area contributed by atoms with Crippen LogP contribution in [0.5, 0.6) is 0 Å². The second-order valence-electron chi connectivity index (χ2n) is 6.09. The minimum atomic E-state index is -5.42. The normalized spacial score (nSPS) is 28.5. The van der Waals surface area contributed by atoms with Crippen molar-refractivity contribution in [3.63, 3.8) is 0 Å². The van der Waals surface area contributed by atoms with E-state index in [1.54, 1.807) is 0 Å². The molecule has 0 spiro atoms. The maximum absolute atomic E-state index is 11.9. The molecule has 0 amide bonds. The van der Waals surface area contributed by atoms with Crippen LogP contribution in [0.15, 0.2) is 12.7 Å². The van der Waals surface area contributed by atoms with E-state index in [-0.39, 0.29) is 17.0 Å². The standard InChI is InChI=1S/C10H17N6O12P3/c11-8-5-9(14-2-13-8)16(3-15-5)10-7(18)6(17)4(26-10)1-25-31(23,24)28-29(12,19)27-30(20,21)22/h2-4,6-7,10,17-18H,1H2,(H2,12,19)(H,23,24)(H2,11,13,14)(H2,20,21,22)/t4-,6-,7-,10-,29?/m1/s1. The van der Waals surface area contributed by atoms with Crippen molar-refractivity contribution in [2.24, 2.45) is 5.50 Å². The zero-order valence-corrected chi connectivity index (χ0v) is 17.7. The molecule has 3 heterocycles. The summed E-state index contributed by atoms with van der Waals surface area (Å²) >= 11 is 0. The van der Waals surface area contributed by atoms with Gasteiger partial charge in [0.25, 0.3) is 0 Å². The Bertz CT molecular complexity index is 1110. The van der Waals surface area contributed by atoms with E-state index in [4.69, 9.17) is 25.8 Å². The Morgan fingerprint density at radius 3 is 2.42 bits per heavy atom. The minimum Gasteiger partial charge on any atom is -0.387 e. The lowest BCUT2D eigenvalue weighted by molar-refractivity contribution is -0.0501. The number of aliphatic hydroxyl groups excluding tert-OH is 2. The Morgan fingerprint density at radius 2 is 1.77 bits per heavy atom. The maximum Gasteiger partial charge on any atom is 0.480 e. The molecule has 6 atom stereocenters. The van der Waals surface area contributed by atoms with Gasteiger partial charge in [0.2, 0.25) is 0 Å². The quantitative estimate of drug-likeness (QED) is 0.197. The van der Waals surface area contributed by atoms with Crippen LogP contribution in [0.3, 0.4) is 0 Å². The highest BCUT2D eigenvalue weighted by molar-refractivity contribution is 7.68. The van der Waals surface area contributed by atoms with Crippen LogP contribution in [-0.2, 0) is 31.6 Å². The first-order chi connectivity index (χ1) is 14.2. The van der Waals surface area contributed by atoms with E-state index in [0.29, 0.717) is 0 Å². The molecule has 1 aliphatic heterocycles. The summed E-state index contributed by atoms with van der Waals surface area (Å²) in [6, 6.07) is 0. The molecule has 0 aliphatic carbocycles. The van der Waals surface area contributed by atoms with Crippen molar-refractivity contribution in [3.8, 4) is 0 Å². The summed E-state index contributed by atoms with van der Waals surface area (Å²) in [7, 11) is -15.9. The minimum absolute atomic E-state index is 0.0544. The van der Waals surface area contributed by atoms with E-state index in [1.165, 1.54) is 10.9 Å². The van der Waals surface area contributed by atoms with Gasteiger partial charge in [-0.2, -0.15) is 8.62 Å². The SMILES string of the molecule is Nc1ncnc2c1ncn2[C@@H]1O[C@H](COP(=O)(O)OP(N)(=O)OP(=O)(O)O)[C@@H](O)[C@H]1O. The average Bonchev–Trinajstić information content (AvgIpc) is 3.13. The average molecular weight is 506 g/mol. The third-order valence-corrected chi connectivity index (χ3v) is 7.81. The van der Waals surface area contributed by atoms with Crippen molar-refractivity contribution in [1.82, 2.24) is 19.5 Å². The van der Waals surface area contributed by atoms with E-state index < -0.39 is 54.5 Å². The molecule has 2 unspecified atom stereocenters. The van der Waals surface area contributed by atoms with Gasteiger partial charge in [-0.05, 0) is 0 Å². The van der Waals surface area contributed by atoms with Crippen LogP contribution in [0.2, 0.25) is 0 Å². The van der Waals surface area contributed by atoms with Gasteiger partial charge in [0.05, 0.1) is 12.9 Å². The van der Waals surface area contributed by atoms with E-state index in [9.17, 15) is 28.8 Å². The predicted octanol–water partition coefficient (Wildman–Crippen LogP) is -1.66. The monoisotopic (exact) mass is 506 g/mol. The summed E-state index contributed by atoms with van der Waals surface area (Å²) in [5, 5.41) is 20.5. The Hall–Kier alpha value is -1.36. The number of nitrogens with two attached hydrogens (primary N) is 2. The van der Waals surface area contributed by atoms with Crippen molar-refractivity contribution >= 4 is 40.4 Å². The number of ether oxygens (including phenoxy) is 1. The number of fused-ring (bicyclic) bond motifs is 1. The number of phosphoric acid groups is 2. The van der Waals surface area contributed by atoms with Gasteiger partial charge in [0, 0.05) is 0 Å². The lowest BCUT2D eigenvalue weighted by atomic mass is 10.1. The van der Waals surface area contributed by atoms with E-state index >= 15 is 0 Å². The van der Waals surface area contributed by atoms with Crippen LogP contribution in [0, 0.1) is 0 Å². The largest absolute Gasteiger partial charge is 0.480 e. The Morgan fingerprint density at radius 1 is 1.10 bits per heavy atom. The Kier molecular flexibility index (Phi) is 6.68. The number of nitrogen functional groups attached to an aromatic ring is 1. The van der Waals surface area contributed by atoms with Gasteiger partial charge in [0.15, 0.2) is 17.7 Å². The summed E-state index contributed by atoms with van der Waals surface area (Å²) in [6.07, 6.45) is -3.54. The fourth-order valence-corrected chi connectivity index (χ4v) is 5.90. The molecule has 0 saturated carbocycles. The lowest BCUT2D eigenvalue weighted by Crippen LogP contribution is -2.33. The summed E-state index contributed by atoms with van der Waals surface area (Å²) in [5.74, 6) is 0.0544. The number of hydrogen-bond donors (Lipinski definition) is 7. The Labute approximate surface area is 172 Å². The van der Waals surface area contributed by atoms with Crippen molar-refractivity contribution in [1.29, 1.82) is 0 Å². The molecule has 1 aliphatic rings. The molecule has 18 nitrogen and oxygen atoms in total. The van der Waals surface area contributed by atoms with E-state index in [2.05, 4.69) is 28.1 Å². The number of aromatic nitrogens is 4. The molecule has 1 fully saturated rings. The number of nitrogens with zero attached hydrogens (tertiary/aromatic N) is 4. The van der Waals surface area contributed by atoms with Gasteiger partial charge in [-0.15, -0.1) is 0 Å². The molecular weight excluding hydrogens is 489 g/mol. The summed E-state index contributed by atoms with van der Waals surface area (Å²) in [5.41, 5.74) is 10.9. The van der Waals surface area contributed by atoms with Gasteiger partial charge >= 0.3 is 23.4 Å². The van der Waals surface area contributed by atoms with Crippen LogP contribution < -0.4 is 11.2 Å². The highest BCUT2D eigenvalue weighted by Crippen LogP contribution is 2.64. The van der Waals surface area contributed by atoms with E-state index in [1.807, 2.05) is 0 Å². The highest BCUT2D eigenvalue weighted by Gasteiger charge is 2.46. The fraction of sp³-hybridized carbons (Fsp3) is 0.500. The first kappa shape index (κ1) is 24.3. The molecule has 9 N–H and O–H groups in total. The number of anilines is 1. The lowest BCUT2D eigenvalue weighted by Gasteiger charge is -2.19. The second-order valence-corrected chi connectivity index (χ2v) is 10.6. The van der Waals surface area contributed by atoms with Crippen molar-refractivity contribution < 1.29 is 56.5 Å². The van der Waals surface area contributed by atoms with Crippen molar-refractivity contribution in [3.05, 3.63) is 12.7 Å². The molecule has 21 heteroatoms. The molecule has 31 heavy (non-hydrogen) atoms. The molecule has 1 saturated heterocycles. The molecule has 174 valence electrons. The zero-order valence-electron chi connectivity index (χ0n) is 15.1. The molecule has 0 aromatic carbocycles. The molecule has 2 aromatic heterocycles. The number of hydrogen-bond acceptors (Lipinski definition) is 13. The maximum atomic E-state index is 11.9. The summed E-state index contributed by atoms with van der Waals surface area (Å²) in [4.78, 5) is 38.4. The third-order valence-electron chi connectivity index (χ3n) is 3.84. The van der Waals surface area contributed by atoms with Gasteiger partial charge in [-0.25, -0.2) is 34.2 Å². The first-order valence-electron chi connectivity index (χ1n) is 7.98. The van der Waals surface area contributed by atoms with Gasteiger partial charge in [-0.1, -0.05) is 0 Å². The van der Waals surface area contributed by atoms with Crippen LogP contribution in [-0.4, -0.2) is 69.3 Å². The predicted molar refractivity (Wildman–Crippen MR) is 97.4 cm³/mol. The first-order valence-corrected chi connectivity index (χ1v) is 12.6. The van der Waals surface area contributed by atoms with Gasteiger partial charge in [0.1, 0.15) is 30.2 Å². The molecule has 0 radical (unpaired) electrons. The fourth-order valence-electron chi connectivity index (χ4n) is 2.65. The molecule has 3 rings (SSSR count).